The van der Waals surface area contributed by atoms with Gasteiger partial charge in [-0.25, -0.2) is 18.7 Å². The molecule has 1 amide bonds. The number of benzene rings is 1. The van der Waals surface area contributed by atoms with E-state index < -0.39 is 23.1 Å². The van der Waals surface area contributed by atoms with Crippen molar-refractivity contribution in [2.24, 2.45) is 11.7 Å². The topological polar surface area (TPSA) is 129 Å². The molecule has 0 spiro atoms. The molecule has 2 aliphatic rings. The summed E-state index contributed by atoms with van der Waals surface area (Å²) in [7, 11) is 0. The van der Waals surface area contributed by atoms with Crippen LogP contribution in [-0.2, 0) is 4.74 Å². The van der Waals surface area contributed by atoms with Gasteiger partial charge in [-0.2, -0.15) is 0 Å². The summed E-state index contributed by atoms with van der Waals surface area (Å²) in [4.78, 5) is 25.2. The number of carbonyl (C=O) groups is 1. The Morgan fingerprint density at radius 1 is 1.12 bits per heavy atom. The van der Waals surface area contributed by atoms with Crippen molar-refractivity contribution in [2.75, 3.05) is 11.1 Å². The molecule has 2 aromatic heterocycles. The van der Waals surface area contributed by atoms with Crippen molar-refractivity contribution in [2.45, 2.75) is 43.9 Å². The lowest BCUT2D eigenvalue weighted by Gasteiger charge is -2.35. The van der Waals surface area contributed by atoms with Gasteiger partial charge in [-0.15, -0.1) is 0 Å². The number of nitrogens with two attached hydrogens (primary N) is 2. The first-order chi connectivity index (χ1) is 16.4. The third-order valence-electron chi connectivity index (χ3n) is 6.21. The molecule has 5 N–H and O–H groups in total. The summed E-state index contributed by atoms with van der Waals surface area (Å²) in [6, 6.07) is 5.19. The van der Waals surface area contributed by atoms with Crippen LogP contribution in [0.2, 0.25) is 0 Å². The van der Waals surface area contributed by atoms with Gasteiger partial charge < -0.3 is 21.5 Å². The van der Waals surface area contributed by atoms with Crippen LogP contribution < -0.4 is 16.8 Å². The Balaban J connectivity index is 1.42. The number of amides is 1. The van der Waals surface area contributed by atoms with Crippen molar-refractivity contribution >= 4 is 17.3 Å². The van der Waals surface area contributed by atoms with E-state index in [0.29, 0.717) is 18.0 Å². The first-order valence-corrected chi connectivity index (χ1v) is 11.1. The number of nitrogens with one attached hydrogen (secondary N) is 1. The van der Waals surface area contributed by atoms with E-state index in [2.05, 4.69) is 20.3 Å². The van der Waals surface area contributed by atoms with E-state index in [9.17, 15) is 13.6 Å². The molecule has 1 aromatic carbocycles. The van der Waals surface area contributed by atoms with Crippen molar-refractivity contribution in [3.8, 4) is 11.4 Å². The normalized spacial score (nSPS) is 22.4. The molecule has 34 heavy (non-hydrogen) atoms. The number of pyridine rings is 1. The van der Waals surface area contributed by atoms with Gasteiger partial charge in [-0.3, -0.25) is 9.78 Å². The van der Waals surface area contributed by atoms with E-state index in [4.69, 9.17) is 16.2 Å². The van der Waals surface area contributed by atoms with E-state index in [1.54, 1.807) is 12.3 Å². The van der Waals surface area contributed by atoms with Crippen molar-refractivity contribution in [3.63, 3.8) is 0 Å². The molecule has 3 heterocycles. The molecule has 10 heteroatoms. The van der Waals surface area contributed by atoms with Gasteiger partial charge in [0.15, 0.2) is 11.5 Å². The summed E-state index contributed by atoms with van der Waals surface area (Å²) in [5.74, 6) is -2.10. The zero-order chi connectivity index (χ0) is 23.8. The fourth-order valence-corrected chi connectivity index (χ4v) is 4.34. The number of nitrogen functional groups attached to an aromatic ring is 1. The monoisotopic (exact) mass is 466 g/mol. The van der Waals surface area contributed by atoms with Crippen molar-refractivity contribution in [3.05, 3.63) is 65.7 Å². The molecular formula is C24H24F2N6O2. The second-order valence-corrected chi connectivity index (χ2v) is 8.74. The van der Waals surface area contributed by atoms with Crippen LogP contribution in [-0.4, -0.2) is 33.0 Å². The maximum atomic E-state index is 14.2. The van der Waals surface area contributed by atoms with Gasteiger partial charge in [0.2, 0.25) is 0 Å². The zero-order valence-electron chi connectivity index (χ0n) is 18.2. The minimum Gasteiger partial charge on any atom is -0.396 e. The van der Waals surface area contributed by atoms with Crippen LogP contribution in [0.25, 0.3) is 11.4 Å². The summed E-state index contributed by atoms with van der Waals surface area (Å²) < 4.78 is 34.8. The number of ether oxygens (including phenoxy) is 1. The molecule has 2 fully saturated rings. The van der Waals surface area contributed by atoms with Gasteiger partial charge in [0, 0.05) is 17.8 Å². The van der Waals surface area contributed by atoms with Gasteiger partial charge >= 0.3 is 0 Å². The molecule has 3 unspecified atom stereocenters. The van der Waals surface area contributed by atoms with E-state index in [1.807, 2.05) is 0 Å². The largest absolute Gasteiger partial charge is 0.396 e. The third kappa shape index (κ3) is 4.46. The quantitative estimate of drug-likeness (QED) is 0.524. The van der Waals surface area contributed by atoms with Crippen molar-refractivity contribution in [1.29, 1.82) is 0 Å². The molecule has 5 rings (SSSR count). The fraction of sp³-hybridized carbons (Fsp3) is 0.333. The SMILES string of the molecule is Nc1cnc(-c2c(F)cccc2F)nc1C(=O)Nc1cnccc1C1CC(N)CC(C2CC2)O1. The Hall–Kier alpha value is -3.50. The van der Waals surface area contributed by atoms with E-state index in [0.717, 1.165) is 43.2 Å². The Labute approximate surface area is 194 Å². The molecule has 1 aliphatic carbocycles. The highest BCUT2D eigenvalue weighted by Gasteiger charge is 2.39. The van der Waals surface area contributed by atoms with Crippen LogP contribution in [0, 0.1) is 17.6 Å². The van der Waals surface area contributed by atoms with Crippen LogP contribution in [0.4, 0.5) is 20.2 Å². The second kappa shape index (κ2) is 9.03. The Morgan fingerprint density at radius 2 is 1.88 bits per heavy atom. The number of halogens is 2. The fourth-order valence-electron chi connectivity index (χ4n) is 4.34. The van der Waals surface area contributed by atoms with Gasteiger partial charge in [-0.05, 0) is 49.8 Å². The predicted octanol–water partition coefficient (Wildman–Crippen LogP) is 3.61. The number of aromatic nitrogens is 3. The Kier molecular flexibility index (Phi) is 5.93. The van der Waals surface area contributed by atoms with Crippen LogP contribution in [0.15, 0.2) is 42.9 Å². The molecule has 1 saturated heterocycles. The van der Waals surface area contributed by atoms with E-state index in [-0.39, 0.29) is 35.5 Å². The molecular weight excluding hydrogens is 442 g/mol. The summed E-state index contributed by atoms with van der Waals surface area (Å²) in [5, 5.41) is 2.77. The maximum Gasteiger partial charge on any atom is 0.276 e. The van der Waals surface area contributed by atoms with E-state index in [1.165, 1.54) is 12.3 Å². The summed E-state index contributed by atoms with van der Waals surface area (Å²) in [6.07, 6.45) is 7.81. The summed E-state index contributed by atoms with van der Waals surface area (Å²) in [5.41, 5.74) is 12.7. The lowest BCUT2D eigenvalue weighted by molar-refractivity contribution is -0.0682. The first-order valence-electron chi connectivity index (χ1n) is 11.1. The highest BCUT2D eigenvalue weighted by molar-refractivity contribution is 6.06. The number of carbonyl (C=O) groups excluding carboxylic acids is 1. The zero-order valence-corrected chi connectivity index (χ0v) is 18.2. The first kappa shape index (κ1) is 22.3. The number of hydrogen-bond donors (Lipinski definition) is 3. The van der Waals surface area contributed by atoms with Gasteiger partial charge in [-0.1, -0.05) is 6.07 Å². The molecule has 1 aliphatic heterocycles. The highest BCUT2D eigenvalue weighted by Crippen LogP contribution is 2.43. The molecule has 0 bridgehead atoms. The highest BCUT2D eigenvalue weighted by atomic mass is 19.1. The molecule has 0 radical (unpaired) electrons. The van der Waals surface area contributed by atoms with Crippen LogP contribution in [0.1, 0.15) is 47.8 Å². The Bertz CT molecular complexity index is 1220. The number of nitrogens with zero attached hydrogens (tertiary/aromatic N) is 3. The molecule has 3 atom stereocenters. The predicted molar refractivity (Wildman–Crippen MR) is 122 cm³/mol. The van der Waals surface area contributed by atoms with Crippen LogP contribution in [0.3, 0.4) is 0 Å². The average Bonchev–Trinajstić information content (AvgIpc) is 3.65. The van der Waals surface area contributed by atoms with Gasteiger partial charge in [0.25, 0.3) is 5.91 Å². The van der Waals surface area contributed by atoms with Gasteiger partial charge in [0.1, 0.15) is 11.6 Å². The molecule has 3 aromatic rings. The Morgan fingerprint density at radius 3 is 2.62 bits per heavy atom. The van der Waals surface area contributed by atoms with E-state index >= 15 is 0 Å². The molecule has 8 nitrogen and oxygen atoms in total. The number of rotatable bonds is 5. The molecule has 176 valence electrons. The minimum atomic E-state index is -0.846. The molecule has 1 saturated carbocycles. The maximum absolute atomic E-state index is 14.2. The lowest BCUT2D eigenvalue weighted by Crippen LogP contribution is -2.37. The standard InChI is InChI=1S/C24H24F2N6O2/c25-15-2-1-3-16(26)21(15)23-30-10-17(28)22(32-23)24(33)31-18-11-29-7-6-14(18)20-9-13(27)8-19(34-20)12-4-5-12/h1-3,6-7,10-13,19-20H,4-5,8-9,27-28H2,(H,31,33). The smallest absolute Gasteiger partial charge is 0.276 e. The summed E-state index contributed by atoms with van der Waals surface area (Å²) in [6.45, 7) is 0. The number of anilines is 2. The van der Waals surface area contributed by atoms with Crippen LogP contribution in [0.5, 0.6) is 0 Å². The van der Waals surface area contributed by atoms with Crippen molar-refractivity contribution < 1.29 is 18.3 Å². The lowest BCUT2D eigenvalue weighted by atomic mass is 9.92. The van der Waals surface area contributed by atoms with Crippen molar-refractivity contribution in [1.82, 2.24) is 15.0 Å². The van der Waals surface area contributed by atoms with Gasteiger partial charge in [0.05, 0.1) is 41.5 Å². The average molecular weight is 466 g/mol. The third-order valence-corrected chi connectivity index (χ3v) is 6.21. The number of hydrogen-bond acceptors (Lipinski definition) is 7. The second-order valence-electron chi connectivity index (χ2n) is 8.74. The van der Waals surface area contributed by atoms with Crippen LogP contribution >= 0.6 is 0 Å². The summed E-state index contributed by atoms with van der Waals surface area (Å²) >= 11 is 0. The minimum absolute atomic E-state index is 0.00296.